The summed E-state index contributed by atoms with van der Waals surface area (Å²) in [5, 5.41) is 3.16. The second kappa shape index (κ2) is 11.0. The van der Waals surface area contributed by atoms with E-state index in [-0.39, 0.29) is 0 Å². The minimum Gasteiger partial charge on any atom is -0.380 e. The van der Waals surface area contributed by atoms with Crippen LogP contribution in [0.2, 0.25) is 0 Å². The van der Waals surface area contributed by atoms with Gasteiger partial charge in [0, 0.05) is 25.2 Å². The van der Waals surface area contributed by atoms with Crippen molar-refractivity contribution < 1.29 is 4.74 Å². The molecule has 0 aromatic rings. The Balaban J connectivity index is 3.37. The Labute approximate surface area is 108 Å². The van der Waals surface area contributed by atoms with Gasteiger partial charge in [-0.15, -0.1) is 0 Å². The molecule has 0 rings (SSSR count). The van der Waals surface area contributed by atoms with Crippen molar-refractivity contribution in [3.05, 3.63) is 0 Å². The Morgan fingerprint density at radius 3 is 2.12 bits per heavy atom. The fourth-order valence-electron chi connectivity index (χ4n) is 2.07. The molecular formula is C14H32N2O. The third kappa shape index (κ3) is 9.57. The van der Waals surface area contributed by atoms with Gasteiger partial charge in [0.05, 0.1) is 6.61 Å². The van der Waals surface area contributed by atoms with E-state index in [1.54, 1.807) is 0 Å². The van der Waals surface area contributed by atoms with Gasteiger partial charge in [-0.3, -0.25) is 4.90 Å². The molecule has 0 aliphatic heterocycles. The molecule has 0 atom stereocenters. The van der Waals surface area contributed by atoms with Crippen molar-refractivity contribution >= 4 is 0 Å². The molecule has 3 heteroatoms. The maximum Gasteiger partial charge on any atom is 0.0593 e. The minimum absolute atomic E-state index is 0.606. The van der Waals surface area contributed by atoms with Crippen molar-refractivity contribution in [2.75, 3.05) is 33.4 Å². The Kier molecular flexibility index (Phi) is 10.9. The summed E-state index contributed by atoms with van der Waals surface area (Å²) in [6, 6.07) is 1.21. The number of nitrogens with zero attached hydrogens (tertiary/aromatic N) is 1. The molecule has 104 valence electrons. The van der Waals surface area contributed by atoms with E-state index in [9.17, 15) is 0 Å². The van der Waals surface area contributed by atoms with Gasteiger partial charge in [-0.1, -0.05) is 0 Å². The van der Waals surface area contributed by atoms with E-state index in [4.69, 9.17) is 4.74 Å². The van der Waals surface area contributed by atoms with Gasteiger partial charge in [0.1, 0.15) is 0 Å². The summed E-state index contributed by atoms with van der Waals surface area (Å²) < 4.78 is 5.68. The highest BCUT2D eigenvalue weighted by atomic mass is 16.5. The van der Waals surface area contributed by atoms with Gasteiger partial charge >= 0.3 is 0 Å². The maximum atomic E-state index is 5.68. The summed E-state index contributed by atoms with van der Waals surface area (Å²) >= 11 is 0. The van der Waals surface area contributed by atoms with Crippen LogP contribution in [0.15, 0.2) is 0 Å². The van der Waals surface area contributed by atoms with Crippen molar-refractivity contribution in [2.45, 2.75) is 59.0 Å². The number of hydrogen-bond donors (Lipinski definition) is 1. The van der Waals surface area contributed by atoms with Crippen LogP contribution in [0.3, 0.4) is 0 Å². The summed E-state index contributed by atoms with van der Waals surface area (Å²) in [7, 11) is 2.00. The molecule has 3 nitrogen and oxygen atoms in total. The van der Waals surface area contributed by atoms with E-state index in [1.807, 2.05) is 7.05 Å². The second-order valence-corrected chi connectivity index (χ2v) is 5.20. The van der Waals surface area contributed by atoms with Crippen molar-refractivity contribution in [1.29, 1.82) is 0 Å². The Bertz CT molecular complexity index is 152. The molecule has 0 aromatic carbocycles. The van der Waals surface area contributed by atoms with E-state index >= 15 is 0 Å². The van der Waals surface area contributed by atoms with Crippen LogP contribution in [0.5, 0.6) is 0 Å². The summed E-state index contributed by atoms with van der Waals surface area (Å²) in [6.07, 6.45) is 3.70. The SMILES string of the molecule is CNCCCCCOCCN(C(C)C)C(C)C. The Hall–Kier alpha value is -0.120. The van der Waals surface area contributed by atoms with Crippen LogP contribution in [0, 0.1) is 0 Å². The van der Waals surface area contributed by atoms with Crippen molar-refractivity contribution in [2.24, 2.45) is 0 Å². The van der Waals surface area contributed by atoms with Gasteiger partial charge in [0.25, 0.3) is 0 Å². The molecule has 0 aliphatic rings. The first-order valence-corrected chi connectivity index (χ1v) is 7.07. The normalized spacial score (nSPS) is 12.0. The monoisotopic (exact) mass is 244 g/mol. The van der Waals surface area contributed by atoms with Crippen LogP contribution in [0.4, 0.5) is 0 Å². The standard InChI is InChI=1S/C14H32N2O/c1-13(2)16(14(3)4)10-12-17-11-8-6-7-9-15-5/h13-15H,6-12H2,1-5H3. The molecular weight excluding hydrogens is 212 g/mol. The first-order valence-electron chi connectivity index (χ1n) is 7.07. The molecule has 0 spiro atoms. The molecule has 1 N–H and O–H groups in total. The van der Waals surface area contributed by atoms with Crippen LogP contribution in [-0.4, -0.2) is 50.3 Å². The quantitative estimate of drug-likeness (QED) is 0.565. The van der Waals surface area contributed by atoms with Gasteiger partial charge in [-0.2, -0.15) is 0 Å². The summed E-state index contributed by atoms with van der Waals surface area (Å²) in [6.45, 7) is 12.9. The summed E-state index contributed by atoms with van der Waals surface area (Å²) in [4.78, 5) is 2.47. The average Bonchev–Trinajstić information content (AvgIpc) is 2.26. The van der Waals surface area contributed by atoms with E-state index in [0.717, 1.165) is 26.3 Å². The molecule has 0 bridgehead atoms. The smallest absolute Gasteiger partial charge is 0.0593 e. The van der Waals surface area contributed by atoms with Gasteiger partial charge in [0.2, 0.25) is 0 Å². The summed E-state index contributed by atoms with van der Waals surface area (Å²) in [5.74, 6) is 0. The molecule has 0 heterocycles. The number of rotatable bonds is 11. The van der Waals surface area contributed by atoms with E-state index in [1.165, 1.54) is 19.3 Å². The number of nitrogens with one attached hydrogen (secondary N) is 1. The fourth-order valence-corrected chi connectivity index (χ4v) is 2.07. The van der Waals surface area contributed by atoms with Crippen LogP contribution < -0.4 is 5.32 Å². The second-order valence-electron chi connectivity index (χ2n) is 5.20. The highest BCUT2D eigenvalue weighted by Crippen LogP contribution is 2.04. The maximum absolute atomic E-state index is 5.68. The molecule has 0 saturated carbocycles. The molecule has 0 aliphatic carbocycles. The number of ether oxygens (including phenoxy) is 1. The van der Waals surface area contributed by atoms with Crippen LogP contribution in [0.25, 0.3) is 0 Å². The van der Waals surface area contributed by atoms with Crippen LogP contribution >= 0.6 is 0 Å². The first-order chi connectivity index (χ1) is 8.09. The molecule has 0 saturated heterocycles. The molecule has 0 amide bonds. The molecule has 0 aromatic heterocycles. The zero-order valence-electron chi connectivity index (χ0n) is 12.5. The molecule has 0 unspecified atom stereocenters. The lowest BCUT2D eigenvalue weighted by atomic mass is 10.2. The van der Waals surface area contributed by atoms with E-state index < -0.39 is 0 Å². The predicted molar refractivity (Wildman–Crippen MR) is 75.6 cm³/mol. The van der Waals surface area contributed by atoms with Gasteiger partial charge in [0.15, 0.2) is 0 Å². The Morgan fingerprint density at radius 1 is 0.941 bits per heavy atom. The fraction of sp³-hybridized carbons (Fsp3) is 1.00. The van der Waals surface area contributed by atoms with Gasteiger partial charge in [-0.25, -0.2) is 0 Å². The third-order valence-electron chi connectivity index (χ3n) is 3.04. The topological polar surface area (TPSA) is 24.5 Å². The lowest BCUT2D eigenvalue weighted by molar-refractivity contribution is 0.0765. The minimum atomic E-state index is 0.606. The molecule has 0 fully saturated rings. The lowest BCUT2D eigenvalue weighted by Gasteiger charge is -2.30. The zero-order chi connectivity index (χ0) is 13.1. The van der Waals surface area contributed by atoms with Crippen LogP contribution in [-0.2, 0) is 4.74 Å². The number of unbranched alkanes of at least 4 members (excludes halogenated alkanes) is 2. The third-order valence-corrected chi connectivity index (χ3v) is 3.04. The van der Waals surface area contributed by atoms with Crippen molar-refractivity contribution in [1.82, 2.24) is 10.2 Å². The van der Waals surface area contributed by atoms with Crippen molar-refractivity contribution in [3.63, 3.8) is 0 Å². The molecule has 0 radical (unpaired) electrons. The highest BCUT2D eigenvalue weighted by molar-refractivity contribution is 4.66. The predicted octanol–water partition coefficient (Wildman–Crippen LogP) is 2.51. The van der Waals surface area contributed by atoms with Gasteiger partial charge < -0.3 is 10.1 Å². The van der Waals surface area contributed by atoms with E-state index in [2.05, 4.69) is 37.9 Å². The average molecular weight is 244 g/mol. The van der Waals surface area contributed by atoms with Crippen molar-refractivity contribution in [3.8, 4) is 0 Å². The first kappa shape index (κ1) is 16.9. The largest absolute Gasteiger partial charge is 0.380 e. The van der Waals surface area contributed by atoms with Crippen LogP contribution in [0.1, 0.15) is 47.0 Å². The summed E-state index contributed by atoms with van der Waals surface area (Å²) in [5.41, 5.74) is 0. The van der Waals surface area contributed by atoms with E-state index in [0.29, 0.717) is 12.1 Å². The molecule has 17 heavy (non-hydrogen) atoms. The number of hydrogen-bond acceptors (Lipinski definition) is 3. The zero-order valence-corrected chi connectivity index (χ0v) is 12.5. The highest BCUT2D eigenvalue weighted by Gasteiger charge is 2.12. The Morgan fingerprint density at radius 2 is 1.59 bits per heavy atom. The van der Waals surface area contributed by atoms with Gasteiger partial charge in [-0.05, 0) is 60.5 Å². The lowest BCUT2D eigenvalue weighted by Crippen LogP contribution is -2.39.